The Morgan fingerprint density at radius 3 is 2.74 bits per heavy atom. The van der Waals surface area contributed by atoms with Crippen molar-refractivity contribution in [2.24, 2.45) is 11.8 Å². The summed E-state index contributed by atoms with van der Waals surface area (Å²) in [5.74, 6) is 0.280. The van der Waals surface area contributed by atoms with Crippen LogP contribution in [0.1, 0.15) is 26.7 Å². The Hall–Kier alpha value is -1.04. The number of amides is 1. The number of rotatable bonds is 5. The third-order valence-corrected chi connectivity index (χ3v) is 3.50. The van der Waals surface area contributed by atoms with Gasteiger partial charge in [0.2, 0.25) is 5.91 Å². The molecule has 2 atom stereocenters. The first-order valence-corrected chi connectivity index (χ1v) is 6.50. The van der Waals surface area contributed by atoms with Gasteiger partial charge in [-0.2, -0.15) is 13.2 Å². The van der Waals surface area contributed by atoms with E-state index in [4.69, 9.17) is 0 Å². The molecule has 0 saturated carbocycles. The predicted octanol–water partition coefficient (Wildman–Crippen LogP) is 2.25. The van der Waals surface area contributed by atoms with Gasteiger partial charge in [0.25, 0.3) is 0 Å². The maximum Gasteiger partial charge on any atom is 0.405 e. The monoisotopic (exact) mass is 278 g/mol. The fourth-order valence-corrected chi connectivity index (χ4v) is 2.34. The summed E-state index contributed by atoms with van der Waals surface area (Å²) < 4.78 is 35.7. The first kappa shape index (κ1) is 16.0. The lowest BCUT2D eigenvalue weighted by atomic mass is 9.80. The van der Waals surface area contributed by atoms with Crippen molar-refractivity contribution in [2.75, 3.05) is 19.6 Å². The summed E-state index contributed by atoms with van der Waals surface area (Å²) >= 11 is 0. The van der Waals surface area contributed by atoms with Crippen LogP contribution in [0.3, 0.4) is 0 Å². The van der Waals surface area contributed by atoms with E-state index in [-0.39, 0.29) is 6.54 Å². The molecule has 1 aliphatic carbocycles. The van der Waals surface area contributed by atoms with Crippen LogP contribution in [0.5, 0.6) is 0 Å². The van der Waals surface area contributed by atoms with E-state index in [2.05, 4.69) is 25.2 Å². The molecule has 0 radical (unpaired) electrons. The van der Waals surface area contributed by atoms with Crippen molar-refractivity contribution < 1.29 is 18.0 Å². The van der Waals surface area contributed by atoms with Crippen LogP contribution in [0.15, 0.2) is 11.6 Å². The van der Waals surface area contributed by atoms with Crippen LogP contribution in [-0.4, -0.2) is 31.7 Å². The van der Waals surface area contributed by atoms with Gasteiger partial charge in [-0.15, -0.1) is 0 Å². The minimum Gasteiger partial charge on any atom is -0.346 e. The van der Waals surface area contributed by atoms with E-state index < -0.39 is 18.6 Å². The van der Waals surface area contributed by atoms with E-state index in [9.17, 15) is 18.0 Å². The molecule has 1 aliphatic rings. The highest BCUT2D eigenvalue weighted by Crippen LogP contribution is 2.29. The van der Waals surface area contributed by atoms with Crippen molar-refractivity contribution in [3.63, 3.8) is 0 Å². The topological polar surface area (TPSA) is 41.1 Å². The van der Waals surface area contributed by atoms with Gasteiger partial charge in [0.1, 0.15) is 6.54 Å². The van der Waals surface area contributed by atoms with Crippen LogP contribution in [-0.2, 0) is 4.79 Å². The van der Waals surface area contributed by atoms with Crippen LogP contribution < -0.4 is 10.6 Å². The molecule has 0 fully saturated rings. The van der Waals surface area contributed by atoms with E-state index in [1.165, 1.54) is 5.57 Å². The highest BCUT2D eigenvalue weighted by atomic mass is 19.4. The molecule has 0 spiro atoms. The summed E-state index contributed by atoms with van der Waals surface area (Å²) in [6.45, 7) is 3.50. The van der Waals surface area contributed by atoms with Gasteiger partial charge < -0.3 is 10.6 Å². The molecule has 3 nitrogen and oxygen atoms in total. The molecule has 0 unspecified atom stereocenters. The Balaban J connectivity index is 2.24. The number of hydrogen-bond donors (Lipinski definition) is 2. The molecule has 0 aromatic rings. The van der Waals surface area contributed by atoms with Crippen LogP contribution >= 0.6 is 0 Å². The lowest BCUT2D eigenvalue weighted by Crippen LogP contribution is -2.41. The molecule has 0 bridgehead atoms. The van der Waals surface area contributed by atoms with Crippen LogP contribution in [0.25, 0.3) is 0 Å². The summed E-state index contributed by atoms with van der Waals surface area (Å²) in [6.07, 6.45) is 0.0302. The highest BCUT2D eigenvalue weighted by molar-refractivity contribution is 5.78. The minimum atomic E-state index is -4.35. The third-order valence-electron chi connectivity index (χ3n) is 3.50. The summed E-state index contributed by atoms with van der Waals surface area (Å²) in [4.78, 5) is 11.2. The lowest BCUT2D eigenvalue weighted by molar-refractivity contribution is -0.137. The third kappa shape index (κ3) is 6.09. The largest absolute Gasteiger partial charge is 0.405 e. The van der Waals surface area contributed by atoms with E-state index in [0.717, 1.165) is 12.8 Å². The van der Waals surface area contributed by atoms with Crippen molar-refractivity contribution in [1.82, 2.24) is 10.6 Å². The molecule has 6 heteroatoms. The van der Waals surface area contributed by atoms with Gasteiger partial charge in [0.05, 0.1) is 6.54 Å². The maximum absolute atomic E-state index is 11.9. The molecule has 2 N–H and O–H groups in total. The van der Waals surface area contributed by atoms with Gasteiger partial charge in [-0.05, 0) is 31.6 Å². The second kappa shape index (κ2) is 6.93. The normalized spacial score (nSPS) is 23.9. The number of alkyl halides is 3. The molecule has 19 heavy (non-hydrogen) atoms. The summed E-state index contributed by atoms with van der Waals surface area (Å²) in [5.41, 5.74) is 1.29. The van der Waals surface area contributed by atoms with Crippen molar-refractivity contribution in [3.8, 4) is 0 Å². The van der Waals surface area contributed by atoms with Gasteiger partial charge in [-0.25, -0.2) is 0 Å². The number of halogens is 3. The van der Waals surface area contributed by atoms with E-state index in [1.807, 2.05) is 5.32 Å². The average Bonchev–Trinajstić information content (AvgIpc) is 2.29. The van der Waals surface area contributed by atoms with Gasteiger partial charge in [0.15, 0.2) is 0 Å². The van der Waals surface area contributed by atoms with E-state index >= 15 is 0 Å². The van der Waals surface area contributed by atoms with Crippen molar-refractivity contribution in [1.29, 1.82) is 0 Å². The Labute approximate surface area is 111 Å². The maximum atomic E-state index is 11.9. The fraction of sp³-hybridized carbons (Fsp3) is 0.769. The lowest BCUT2D eigenvalue weighted by Gasteiger charge is -2.28. The zero-order valence-corrected chi connectivity index (χ0v) is 11.3. The molecule has 0 saturated heterocycles. The second-order valence-corrected chi connectivity index (χ2v) is 5.13. The summed E-state index contributed by atoms with van der Waals surface area (Å²) in [7, 11) is 0. The first-order chi connectivity index (χ1) is 8.79. The summed E-state index contributed by atoms with van der Waals surface area (Å²) in [5, 5.41) is 4.77. The Morgan fingerprint density at radius 2 is 2.16 bits per heavy atom. The Kier molecular flexibility index (Phi) is 5.85. The number of hydrogen-bond acceptors (Lipinski definition) is 2. The van der Waals surface area contributed by atoms with Crippen molar-refractivity contribution in [3.05, 3.63) is 11.6 Å². The van der Waals surface area contributed by atoms with Crippen LogP contribution in [0, 0.1) is 11.8 Å². The smallest absolute Gasteiger partial charge is 0.346 e. The standard InChI is InChI=1S/C13H21F3N2O/c1-9-4-3-5-10(2)11(9)6-17-7-12(19)18-8-13(14,15)16/h4,10-11,17H,3,5-8H2,1-2H3,(H,18,19)/t10-,11-/m1/s1. The molecule has 0 aromatic carbocycles. The quantitative estimate of drug-likeness (QED) is 0.757. The molecule has 110 valence electrons. The molecule has 0 aromatic heterocycles. The SMILES string of the molecule is CC1=CCC[C@@H](C)[C@@H]1CNCC(=O)NCC(F)(F)F. The number of carbonyl (C=O) groups is 1. The number of carbonyl (C=O) groups excluding carboxylic acids is 1. The summed E-state index contributed by atoms with van der Waals surface area (Å²) in [6, 6.07) is 0. The molecule has 1 rings (SSSR count). The zero-order chi connectivity index (χ0) is 14.5. The van der Waals surface area contributed by atoms with Gasteiger partial charge in [0, 0.05) is 6.54 Å². The molecular weight excluding hydrogens is 257 g/mol. The van der Waals surface area contributed by atoms with Crippen LogP contribution in [0.4, 0.5) is 13.2 Å². The Morgan fingerprint density at radius 1 is 1.47 bits per heavy atom. The van der Waals surface area contributed by atoms with E-state index in [0.29, 0.717) is 18.4 Å². The molecule has 0 heterocycles. The highest BCUT2D eigenvalue weighted by Gasteiger charge is 2.27. The first-order valence-electron chi connectivity index (χ1n) is 6.50. The fourth-order valence-electron chi connectivity index (χ4n) is 2.34. The molecule has 0 aliphatic heterocycles. The minimum absolute atomic E-state index is 0.0768. The van der Waals surface area contributed by atoms with E-state index in [1.54, 1.807) is 0 Å². The van der Waals surface area contributed by atoms with Gasteiger partial charge in [-0.1, -0.05) is 18.6 Å². The van der Waals surface area contributed by atoms with Crippen molar-refractivity contribution >= 4 is 5.91 Å². The van der Waals surface area contributed by atoms with Gasteiger partial charge in [-0.3, -0.25) is 4.79 Å². The average molecular weight is 278 g/mol. The number of allylic oxidation sites excluding steroid dienone is 1. The number of nitrogens with one attached hydrogen (secondary N) is 2. The van der Waals surface area contributed by atoms with Crippen molar-refractivity contribution in [2.45, 2.75) is 32.9 Å². The van der Waals surface area contributed by atoms with Crippen LogP contribution in [0.2, 0.25) is 0 Å². The molecule has 1 amide bonds. The zero-order valence-electron chi connectivity index (χ0n) is 11.3. The second-order valence-electron chi connectivity index (χ2n) is 5.13. The molecular formula is C13H21F3N2O. The Bertz CT molecular complexity index is 339. The predicted molar refractivity (Wildman–Crippen MR) is 67.6 cm³/mol. The van der Waals surface area contributed by atoms with Gasteiger partial charge >= 0.3 is 6.18 Å².